The SMILES string of the molecule is CN1CCN(CCNCC2(CO)CCCCC2)CC1. The minimum absolute atomic E-state index is 0.181. The Kier molecular flexibility index (Phi) is 6.07. The van der Waals surface area contributed by atoms with E-state index in [-0.39, 0.29) is 5.41 Å². The summed E-state index contributed by atoms with van der Waals surface area (Å²) in [5.74, 6) is 0. The molecule has 1 saturated carbocycles. The van der Waals surface area contributed by atoms with Gasteiger partial charge in [-0.25, -0.2) is 0 Å². The number of hydrogen-bond donors (Lipinski definition) is 2. The van der Waals surface area contributed by atoms with Crippen molar-refractivity contribution >= 4 is 0 Å². The summed E-state index contributed by atoms with van der Waals surface area (Å²) in [5, 5.41) is 13.3. The first-order valence-electron chi connectivity index (χ1n) is 7.97. The van der Waals surface area contributed by atoms with Gasteiger partial charge in [0.25, 0.3) is 0 Å². The molecule has 112 valence electrons. The van der Waals surface area contributed by atoms with Crippen molar-refractivity contribution in [3.05, 3.63) is 0 Å². The van der Waals surface area contributed by atoms with Gasteiger partial charge in [-0.05, 0) is 19.9 Å². The highest BCUT2D eigenvalue weighted by Gasteiger charge is 2.30. The van der Waals surface area contributed by atoms with Crippen LogP contribution in [0, 0.1) is 5.41 Å². The summed E-state index contributed by atoms with van der Waals surface area (Å²) in [6, 6.07) is 0. The Labute approximate surface area is 118 Å². The number of aliphatic hydroxyl groups excluding tert-OH is 1. The molecule has 1 saturated heterocycles. The molecule has 1 heterocycles. The van der Waals surface area contributed by atoms with Gasteiger partial charge in [-0.1, -0.05) is 19.3 Å². The Morgan fingerprint density at radius 3 is 2.37 bits per heavy atom. The smallest absolute Gasteiger partial charge is 0.0499 e. The summed E-state index contributed by atoms with van der Waals surface area (Å²) in [4.78, 5) is 4.94. The van der Waals surface area contributed by atoms with Crippen molar-refractivity contribution in [2.45, 2.75) is 32.1 Å². The van der Waals surface area contributed by atoms with Crippen molar-refractivity contribution in [1.29, 1.82) is 0 Å². The van der Waals surface area contributed by atoms with Crippen LogP contribution in [-0.4, -0.2) is 74.4 Å². The third-order valence-electron chi connectivity index (χ3n) is 4.95. The molecule has 0 amide bonds. The van der Waals surface area contributed by atoms with Crippen LogP contribution in [0.3, 0.4) is 0 Å². The lowest BCUT2D eigenvalue weighted by Crippen LogP contribution is -2.47. The molecule has 0 bridgehead atoms. The van der Waals surface area contributed by atoms with Crippen LogP contribution < -0.4 is 5.32 Å². The lowest BCUT2D eigenvalue weighted by Gasteiger charge is -2.36. The summed E-state index contributed by atoms with van der Waals surface area (Å²) in [5.41, 5.74) is 0.181. The molecule has 0 unspecified atom stereocenters. The first kappa shape index (κ1) is 15.2. The van der Waals surface area contributed by atoms with Gasteiger partial charge in [-0.15, -0.1) is 0 Å². The standard InChI is InChI=1S/C15H31N3O/c1-17-9-11-18(12-10-17)8-7-16-13-15(14-19)5-3-2-4-6-15/h16,19H,2-14H2,1H3. The van der Waals surface area contributed by atoms with Crippen molar-refractivity contribution in [3.63, 3.8) is 0 Å². The second kappa shape index (κ2) is 7.58. The highest BCUT2D eigenvalue weighted by atomic mass is 16.3. The van der Waals surface area contributed by atoms with Crippen LogP contribution >= 0.6 is 0 Å². The molecule has 0 aromatic rings. The molecule has 0 aromatic heterocycles. The van der Waals surface area contributed by atoms with E-state index in [1.165, 1.54) is 58.3 Å². The molecule has 0 radical (unpaired) electrons. The van der Waals surface area contributed by atoms with E-state index in [1.54, 1.807) is 0 Å². The van der Waals surface area contributed by atoms with Crippen LogP contribution in [-0.2, 0) is 0 Å². The van der Waals surface area contributed by atoms with Gasteiger partial charge in [0.1, 0.15) is 0 Å². The van der Waals surface area contributed by atoms with Crippen LogP contribution in [0.15, 0.2) is 0 Å². The van der Waals surface area contributed by atoms with Gasteiger partial charge < -0.3 is 15.3 Å². The number of hydrogen-bond acceptors (Lipinski definition) is 4. The number of rotatable bonds is 6. The minimum Gasteiger partial charge on any atom is -0.396 e. The van der Waals surface area contributed by atoms with Crippen LogP contribution in [0.25, 0.3) is 0 Å². The van der Waals surface area contributed by atoms with Crippen LogP contribution in [0.1, 0.15) is 32.1 Å². The average Bonchev–Trinajstić information content (AvgIpc) is 2.46. The molecule has 1 aliphatic carbocycles. The van der Waals surface area contributed by atoms with Gasteiger partial charge in [0, 0.05) is 57.8 Å². The van der Waals surface area contributed by atoms with Crippen LogP contribution in [0.5, 0.6) is 0 Å². The molecule has 19 heavy (non-hydrogen) atoms. The molecular formula is C15H31N3O. The largest absolute Gasteiger partial charge is 0.396 e. The fourth-order valence-corrected chi connectivity index (χ4v) is 3.35. The molecule has 2 N–H and O–H groups in total. The molecule has 0 spiro atoms. The van der Waals surface area contributed by atoms with Crippen molar-refractivity contribution in [2.75, 3.05) is 59.5 Å². The average molecular weight is 269 g/mol. The van der Waals surface area contributed by atoms with Crippen LogP contribution in [0.4, 0.5) is 0 Å². The molecule has 1 aliphatic heterocycles. The lowest BCUT2D eigenvalue weighted by molar-refractivity contribution is 0.0796. The van der Waals surface area contributed by atoms with Gasteiger partial charge in [-0.2, -0.15) is 0 Å². The summed E-state index contributed by atoms with van der Waals surface area (Å²) in [7, 11) is 2.20. The van der Waals surface area contributed by atoms with Crippen molar-refractivity contribution in [1.82, 2.24) is 15.1 Å². The number of nitrogens with one attached hydrogen (secondary N) is 1. The van der Waals surface area contributed by atoms with E-state index in [1.807, 2.05) is 0 Å². The highest BCUT2D eigenvalue weighted by molar-refractivity contribution is 4.84. The van der Waals surface area contributed by atoms with Gasteiger partial charge in [0.2, 0.25) is 0 Å². The van der Waals surface area contributed by atoms with Crippen molar-refractivity contribution in [3.8, 4) is 0 Å². The van der Waals surface area contributed by atoms with Crippen molar-refractivity contribution in [2.24, 2.45) is 5.41 Å². The van der Waals surface area contributed by atoms with E-state index >= 15 is 0 Å². The Hall–Kier alpha value is -0.160. The Bertz CT molecular complexity index is 246. The quantitative estimate of drug-likeness (QED) is 0.699. The predicted octanol–water partition coefficient (Wildman–Crippen LogP) is 0.766. The molecule has 2 rings (SSSR count). The summed E-state index contributed by atoms with van der Waals surface area (Å²) in [6.45, 7) is 8.35. The van der Waals surface area contributed by atoms with E-state index in [9.17, 15) is 5.11 Å². The molecule has 2 aliphatic rings. The van der Waals surface area contributed by atoms with Gasteiger partial charge in [0.05, 0.1) is 0 Å². The topological polar surface area (TPSA) is 38.7 Å². The zero-order valence-corrected chi connectivity index (χ0v) is 12.5. The van der Waals surface area contributed by atoms with E-state index in [2.05, 4.69) is 22.2 Å². The van der Waals surface area contributed by atoms with E-state index in [4.69, 9.17) is 0 Å². The first-order valence-corrected chi connectivity index (χ1v) is 7.97. The molecule has 4 nitrogen and oxygen atoms in total. The molecular weight excluding hydrogens is 238 g/mol. The number of aliphatic hydroxyl groups is 1. The van der Waals surface area contributed by atoms with E-state index in [0.717, 1.165) is 19.6 Å². The van der Waals surface area contributed by atoms with Gasteiger partial charge in [0.15, 0.2) is 0 Å². The zero-order valence-electron chi connectivity index (χ0n) is 12.5. The number of nitrogens with zero attached hydrogens (tertiary/aromatic N) is 2. The fourth-order valence-electron chi connectivity index (χ4n) is 3.35. The Morgan fingerprint density at radius 1 is 1.05 bits per heavy atom. The monoisotopic (exact) mass is 269 g/mol. The predicted molar refractivity (Wildman–Crippen MR) is 79.4 cm³/mol. The zero-order chi connectivity index (χ0) is 13.6. The summed E-state index contributed by atoms with van der Waals surface area (Å²) >= 11 is 0. The maximum absolute atomic E-state index is 9.66. The Morgan fingerprint density at radius 2 is 1.74 bits per heavy atom. The number of piperazine rings is 1. The second-order valence-electron chi connectivity index (χ2n) is 6.54. The van der Waals surface area contributed by atoms with Gasteiger partial charge >= 0.3 is 0 Å². The summed E-state index contributed by atoms with van der Waals surface area (Å²) < 4.78 is 0. The second-order valence-corrected chi connectivity index (χ2v) is 6.54. The van der Waals surface area contributed by atoms with Gasteiger partial charge in [-0.3, -0.25) is 4.90 Å². The molecule has 2 fully saturated rings. The fraction of sp³-hybridized carbons (Fsp3) is 1.00. The van der Waals surface area contributed by atoms with E-state index in [0.29, 0.717) is 6.61 Å². The maximum Gasteiger partial charge on any atom is 0.0499 e. The minimum atomic E-state index is 0.181. The van der Waals surface area contributed by atoms with Crippen molar-refractivity contribution < 1.29 is 5.11 Å². The molecule has 4 heteroatoms. The third kappa shape index (κ3) is 4.71. The maximum atomic E-state index is 9.66. The summed E-state index contributed by atoms with van der Waals surface area (Å²) in [6.07, 6.45) is 6.33. The number of likely N-dealkylation sites (N-methyl/N-ethyl adjacent to an activating group) is 1. The molecule has 0 atom stereocenters. The van der Waals surface area contributed by atoms with Crippen LogP contribution in [0.2, 0.25) is 0 Å². The lowest BCUT2D eigenvalue weighted by atomic mass is 9.74. The normalized spacial score (nSPS) is 25.6. The Balaban J connectivity index is 1.60. The highest BCUT2D eigenvalue weighted by Crippen LogP contribution is 2.35. The molecule has 0 aromatic carbocycles. The third-order valence-corrected chi connectivity index (χ3v) is 4.95. The van der Waals surface area contributed by atoms with E-state index < -0.39 is 0 Å². The first-order chi connectivity index (χ1) is 9.24.